The van der Waals surface area contributed by atoms with E-state index < -0.39 is 23.3 Å². The minimum atomic E-state index is -2.63. The fourth-order valence-electron chi connectivity index (χ4n) is 14.2. The molecule has 6 rings (SSSR count). The summed E-state index contributed by atoms with van der Waals surface area (Å²) in [6, 6.07) is 0. The van der Waals surface area contributed by atoms with Gasteiger partial charge in [0.25, 0.3) is 5.92 Å². The predicted molar refractivity (Wildman–Crippen MR) is 201 cm³/mol. The Labute approximate surface area is 317 Å². The number of piperidine rings is 1. The molecule has 0 amide bonds. The molecule has 5 aliphatic carbocycles. The minimum Gasteiger partial charge on any atom is -0.481 e. The van der Waals surface area contributed by atoms with Crippen LogP contribution >= 0.6 is 0 Å². The lowest BCUT2D eigenvalue weighted by Gasteiger charge is -2.73. The Kier molecular flexibility index (Phi) is 10.6. The van der Waals surface area contributed by atoms with Crippen LogP contribution in [0.15, 0.2) is 12.2 Å². The van der Waals surface area contributed by atoms with Crippen molar-refractivity contribution >= 4 is 17.9 Å². The largest absolute Gasteiger partial charge is 0.481 e. The summed E-state index contributed by atoms with van der Waals surface area (Å²) in [4.78, 5) is 39.5. The Morgan fingerprint density at radius 1 is 0.830 bits per heavy atom. The molecule has 0 spiro atoms. The van der Waals surface area contributed by atoms with Crippen molar-refractivity contribution in [3.8, 4) is 0 Å². The Bertz CT molecular complexity index is 1450. The Hall–Kier alpha value is -2.03. The summed E-state index contributed by atoms with van der Waals surface area (Å²) >= 11 is 0. The molecule has 7 nitrogen and oxygen atoms in total. The molecule has 0 aromatic heterocycles. The molecular weight excluding hydrogens is 676 g/mol. The van der Waals surface area contributed by atoms with E-state index in [9.17, 15) is 28.3 Å². The van der Waals surface area contributed by atoms with Gasteiger partial charge in [-0.25, -0.2) is 8.78 Å². The number of esters is 2. The summed E-state index contributed by atoms with van der Waals surface area (Å²) in [7, 11) is 0. The lowest BCUT2D eigenvalue weighted by Crippen LogP contribution is -2.66. The molecule has 5 saturated carbocycles. The van der Waals surface area contributed by atoms with Crippen LogP contribution in [0.5, 0.6) is 0 Å². The number of hydrogen-bond donors (Lipinski definition) is 1. The van der Waals surface area contributed by atoms with E-state index >= 15 is 0 Å². The van der Waals surface area contributed by atoms with Crippen molar-refractivity contribution in [3.63, 3.8) is 0 Å². The molecule has 1 N–H and O–H groups in total. The Balaban J connectivity index is 1.16. The van der Waals surface area contributed by atoms with Gasteiger partial charge in [0.15, 0.2) is 0 Å². The van der Waals surface area contributed by atoms with Crippen LogP contribution in [0, 0.1) is 62.1 Å². The number of alkyl halides is 2. The van der Waals surface area contributed by atoms with Gasteiger partial charge < -0.3 is 14.6 Å². The number of halogens is 2. The van der Waals surface area contributed by atoms with Gasteiger partial charge in [0.1, 0.15) is 6.10 Å². The zero-order valence-corrected chi connectivity index (χ0v) is 34.1. The number of rotatable bonds is 10. The maximum absolute atomic E-state index is 13.7. The van der Waals surface area contributed by atoms with E-state index in [0.29, 0.717) is 36.2 Å². The fourth-order valence-corrected chi connectivity index (χ4v) is 14.2. The van der Waals surface area contributed by atoms with E-state index in [0.717, 1.165) is 51.4 Å². The number of carboxylic acid groups (broad SMARTS) is 1. The number of ether oxygens (including phenoxy) is 2. The van der Waals surface area contributed by atoms with Crippen molar-refractivity contribution in [3.05, 3.63) is 12.2 Å². The van der Waals surface area contributed by atoms with Crippen LogP contribution in [-0.4, -0.2) is 66.2 Å². The van der Waals surface area contributed by atoms with Gasteiger partial charge in [-0.3, -0.25) is 19.3 Å². The molecule has 1 saturated heterocycles. The third-order valence-corrected chi connectivity index (χ3v) is 17.4. The molecular formula is C44H69F2NO6. The van der Waals surface area contributed by atoms with Gasteiger partial charge in [0.2, 0.25) is 0 Å². The van der Waals surface area contributed by atoms with Crippen molar-refractivity contribution in [2.75, 3.05) is 26.2 Å². The second-order valence-corrected chi connectivity index (χ2v) is 20.9. The predicted octanol–water partition coefficient (Wildman–Crippen LogP) is 9.72. The smallest absolute Gasteiger partial charge is 0.320 e. The first-order valence-electron chi connectivity index (χ1n) is 20.9. The summed E-state index contributed by atoms with van der Waals surface area (Å²) in [5, 5.41) is 9.60. The maximum atomic E-state index is 13.7. The number of nitrogens with zero attached hydrogens (tertiary/aromatic N) is 1. The van der Waals surface area contributed by atoms with Gasteiger partial charge in [-0.2, -0.15) is 0 Å². The molecule has 10 atom stereocenters. The summed E-state index contributed by atoms with van der Waals surface area (Å²) in [6.45, 7) is 23.2. The third-order valence-electron chi connectivity index (χ3n) is 17.4. The summed E-state index contributed by atoms with van der Waals surface area (Å²) in [5.41, 5.74) is 0.466. The molecule has 9 heteroatoms. The first-order chi connectivity index (χ1) is 24.5. The van der Waals surface area contributed by atoms with E-state index in [-0.39, 0.29) is 78.0 Å². The number of carboxylic acids is 1. The highest BCUT2D eigenvalue weighted by Gasteiger charge is 2.71. The SMILES string of the molecule is C=C(C)C1CC[C@]2(CCOC(=O)CN3CCC(F)(F)CC3)CC[C@]3(C)[C@H](CC[C@@H]4[C@@]5(C)CC[C@H](OC(=O)CC(C)(C)C(=O)O)C(C)(C)[C@@H]5CC[C@]43C)[C@@H]12. The molecule has 300 valence electrons. The monoisotopic (exact) mass is 746 g/mol. The van der Waals surface area contributed by atoms with Crippen LogP contribution in [0.4, 0.5) is 8.78 Å². The maximum Gasteiger partial charge on any atom is 0.320 e. The molecule has 0 radical (unpaired) electrons. The number of allylic oxidation sites excluding steroid dienone is 1. The molecule has 1 unspecified atom stereocenters. The second kappa shape index (κ2) is 13.9. The zero-order valence-electron chi connectivity index (χ0n) is 34.1. The minimum absolute atomic E-state index is 0.0873. The topological polar surface area (TPSA) is 93.1 Å². The molecule has 53 heavy (non-hydrogen) atoms. The Morgan fingerprint density at radius 3 is 2.15 bits per heavy atom. The van der Waals surface area contributed by atoms with Crippen LogP contribution < -0.4 is 0 Å². The van der Waals surface area contributed by atoms with Gasteiger partial charge in [0.05, 0.1) is 25.0 Å². The normalized spacial score (nSPS) is 41.9. The van der Waals surface area contributed by atoms with Crippen molar-refractivity contribution in [2.24, 2.45) is 62.1 Å². The highest BCUT2D eigenvalue weighted by atomic mass is 19.3. The number of aliphatic carboxylic acids is 1. The van der Waals surface area contributed by atoms with Crippen molar-refractivity contribution < 1.29 is 37.7 Å². The quantitative estimate of drug-likeness (QED) is 0.176. The number of carbonyl (C=O) groups excluding carboxylic acids is 2. The summed E-state index contributed by atoms with van der Waals surface area (Å²) in [5.74, 6) is -1.83. The highest BCUT2D eigenvalue weighted by Crippen LogP contribution is 2.78. The van der Waals surface area contributed by atoms with E-state index in [1.807, 2.05) is 0 Å². The average Bonchev–Trinajstić information content (AvgIpc) is 3.43. The molecule has 0 bridgehead atoms. The number of likely N-dealkylation sites (tertiary alicyclic amines) is 1. The number of carbonyl (C=O) groups is 3. The first-order valence-corrected chi connectivity index (χ1v) is 20.9. The molecule has 1 aliphatic heterocycles. The van der Waals surface area contributed by atoms with E-state index in [1.54, 1.807) is 18.7 Å². The molecule has 6 aliphatic rings. The molecule has 0 aromatic carbocycles. The van der Waals surface area contributed by atoms with Crippen LogP contribution in [0.3, 0.4) is 0 Å². The molecule has 1 heterocycles. The average molecular weight is 746 g/mol. The summed E-state index contributed by atoms with van der Waals surface area (Å²) in [6.07, 6.45) is 11.1. The first kappa shape index (κ1) is 40.6. The standard InChI is InChI=1S/C44H69F2NO6/c1-28(2)29-12-17-43(22-25-52-35(49)27-47-23-20-44(45,46)21-24-47)19-18-41(8)30(36(29)43)10-11-32-40(7)15-14-33(53-34(48)26-38(3,4)37(50)51)39(5,6)31(40)13-16-42(32,41)9/h29-33,36H,1,10-27H2,2-9H3,(H,50,51)/t29?,30-,31+,32-,33+,36-,40+,41-,42-,43-/m1/s1. The van der Waals surface area contributed by atoms with Gasteiger partial charge in [-0.05, 0) is 143 Å². The van der Waals surface area contributed by atoms with Crippen molar-refractivity contribution in [1.82, 2.24) is 4.90 Å². The Morgan fingerprint density at radius 2 is 1.51 bits per heavy atom. The van der Waals surface area contributed by atoms with Gasteiger partial charge >= 0.3 is 17.9 Å². The fraction of sp³-hybridized carbons (Fsp3) is 0.886. The van der Waals surface area contributed by atoms with Gasteiger partial charge in [-0.15, -0.1) is 0 Å². The number of hydrogen-bond acceptors (Lipinski definition) is 6. The van der Waals surface area contributed by atoms with Gasteiger partial charge in [0, 0.05) is 31.3 Å². The van der Waals surface area contributed by atoms with Crippen LogP contribution in [0.1, 0.15) is 145 Å². The highest BCUT2D eigenvalue weighted by molar-refractivity contribution is 5.81. The lowest BCUT2D eigenvalue weighted by atomic mass is 9.32. The lowest BCUT2D eigenvalue weighted by molar-refractivity contribution is -0.251. The number of fused-ring (bicyclic) bond motifs is 7. The molecule has 0 aromatic rings. The zero-order chi connectivity index (χ0) is 39.0. The summed E-state index contributed by atoms with van der Waals surface area (Å²) < 4.78 is 39.4. The van der Waals surface area contributed by atoms with Gasteiger partial charge in [-0.1, -0.05) is 46.8 Å². The van der Waals surface area contributed by atoms with E-state index in [4.69, 9.17) is 9.47 Å². The van der Waals surface area contributed by atoms with E-state index in [1.165, 1.54) is 24.8 Å². The third kappa shape index (κ3) is 6.91. The van der Waals surface area contributed by atoms with Crippen LogP contribution in [-0.2, 0) is 23.9 Å². The van der Waals surface area contributed by atoms with Crippen molar-refractivity contribution in [1.29, 1.82) is 0 Å². The van der Waals surface area contributed by atoms with Crippen LogP contribution in [0.2, 0.25) is 0 Å². The van der Waals surface area contributed by atoms with Crippen molar-refractivity contribution in [2.45, 2.75) is 157 Å². The molecule has 6 fully saturated rings. The second-order valence-electron chi connectivity index (χ2n) is 20.9. The van der Waals surface area contributed by atoms with Crippen LogP contribution in [0.25, 0.3) is 0 Å². The van der Waals surface area contributed by atoms with E-state index in [2.05, 4.69) is 48.1 Å².